The summed E-state index contributed by atoms with van der Waals surface area (Å²) in [7, 11) is 0. The van der Waals surface area contributed by atoms with Crippen molar-refractivity contribution in [3.63, 3.8) is 0 Å². The topological polar surface area (TPSA) is 95.5 Å². The smallest absolute Gasteiger partial charge is 0.411 e. The molecule has 1 atom stereocenters. The minimum atomic E-state index is -1.04. The lowest BCUT2D eigenvalue weighted by molar-refractivity contribution is 0.0231. The van der Waals surface area contributed by atoms with Crippen LogP contribution in [0.5, 0.6) is 0 Å². The van der Waals surface area contributed by atoms with Crippen molar-refractivity contribution < 1.29 is 19.4 Å². The van der Waals surface area contributed by atoms with Crippen molar-refractivity contribution >= 4 is 23.1 Å². The van der Waals surface area contributed by atoms with Crippen LogP contribution in [0.4, 0.5) is 4.79 Å². The first kappa shape index (κ1) is 17.0. The molecule has 2 heterocycles. The number of rotatable bonds is 2. The number of hydrogen-bond donors (Lipinski definition) is 2. The number of imidazole rings is 1. The number of nitrogens with one attached hydrogen (secondary N) is 1. The van der Waals surface area contributed by atoms with E-state index in [1.165, 1.54) is 6.07 Å². The molecule has 1 aromatic heterocycles. The van der Waals surface area contributed by atoms with Crippen LogP contribution in [0.2, 0.25) is 0 Å². The number of para-hydroxylation sites is 1. The number of carboxylic acids is 1. The van der Waals surface area contributed by atoms with E-state index < -0.39 is 23.7 Å². The molecule has 0 unspecified atom stereocenters. The summed E-state index contributed by atoms with van der Waals surface area (Å²) in [5.41, 5.74) is 1.33. The molecule has 1 aliphatic rings. The molecule has 1 fully saturated rings. The van der Waals surface area contributed by atoms with Crippen molar-refractivity contribution in [3.05, 3.63) is 41.7 Å². The van der Waals surface area contributed by atoms with Gasteiger partial charge in [-0.15, -0.1) is 0 Å². The summed E-state index contributed by atoms with van der Waals surface area (Å²) >= 11 is 0. The zero-order chi connectivity index (χ0) is 18.4. The van der Waals surface area contributed by atoms with E-state index in [0.717, 1.165) is 5.57 Å². The van der Waals surface area contributed by atoms with E-state index in [1.54, 1.807) is 17.0 Å². The molecule has 0 aliphatic carbocycles. The average molecular weight is 343 g/mol. The van der Waals surface area contributed by atoms with Gasteiger partial charge in [0.2, 0.25) is 0 Å². The number of amides is 1. The Morgan fingerprint density at radius 1 is 1.40 bits per heavy atom. The number of aromatic amines is 1. The number of carbonyl (C=O) groups is 2. The fourth-order valence-corrected chi connectivity index (χ4v) is 2.96. The van der Waals surface area contributed by atoms with E-state index in [-0.39, 0.29) is 5.56 Å². The van der Waals surface area contributed by atoms with Crippen LogP contribution in [0, 0.1) is 0 Å². The minimum Gasteiger partial charge on any atom is -0.478 e. The number of H-pyrrole nitrogens is 1. The molecule has 0 spiro atoms. The Labute approximate surface area is 145 Å². The molecular weight excluding hydrogens is 322 g/mol. The second-order valence-electron chi connectivity index (χ2n) is 7.11. The summed E-state index contributed by atoms with van der Waals surface area (Å²) in [6.45, 7) is 9.96. The van der Waals surface area contributed by atoms with Gasteiger partial charge < -0.3 is 14.8 Å². The van der Waals surface area contributed by atoms with Crippen molar-refractivity contribution in [2.45, 2.75) is 38.8 Å². The van der Waals surface area contributed by atoms with Crippen LogP contribution >= 0.6 is 0 Å². The summed E-state index contributed by atoms with van der Waals surface area (Å²) in [5.74, 6) is -0.546. The molecule has 25 heavy (non-hydrogen) atoms. The largest absolute Gasteiger partial charge is 0.478 e. The number of likely N-dealkylation sites (tertiary alicyclic amines) is 1. The number of benzene rings is 1. The van der Waals surface area contributed by atoms with Crippen LogP contribution in [0.3, 0.4) is 0 Å². The fraction of sp³-hybridized carbons (Fsp3) is 0.389. The van der Waals surface area contributed by atoms with Gasteiger partial charge in [-0.1, -0.05) is 12.6 Å². The van der Waals surface area contributed by atoms with Gasteiger partial charge in [-0.3, -0.25) is 4.90 Å². The van der Waals surface area contributed by atoms with E-state index in [4.69, 9.17) is 4.74 Å². The molecule has 1 saturated heterocycles. The van der Waals surface area contributed by atoms with Crippen molar-refractivity contribution in [3.8, 4) is 0 Å². The predicted octanol–water partition coefficient (Wildman–Crippen LogP) is 3.50. The number of nitrogens with zero attached hydrogens (tertiary/aromatic N) is 2. The van der Waals surface area contributed by atoms with Crippen molar-refractivity contribution in [1.29, 1.82) is 0 Å². The molecule has 1 aromatic carbocycles. The fourth-order valence-electron chi connectivity index (χ4n) is 2.96. The van der Waals surface area contributed by atoms with Crippen LogP contribution in [0.1, 0.15) is 49.4 Å². The van der Waals surface area contributed by atoms with Gasteiger partial charge in [0.25, 0.3) is 0 Å². The van der Waals surface area contributed by atoms with Gasteiger partial charge in [-0.05, 0) is 44.9 Å². The summed E-state index contributed by atoms with van der Waals surface area (Å²) in [5, 5.41) is 9.32. The maximum absolute atomic E-state index is 12.5. The maximum Gasteiger partial charge on any atom is 0.411 e. The minimum absolute atomic E-state index is 0.118. The number of carbonyl (C=O) groups excluding carboxylic acids is 1. The quantitative estimate of drug-likeness (QED) is 0.814. The first-order valence-electron chi connectivity index (χ1n) is 8.06. The molecule has 132 valence electrons. The predicted molar refractivity (Wildman–Crippen MR) is 92.5 cm³/mol. The highest BCUT2D eigenvalue weighted by Crippen LogP contribution is 2.36. The molecular formula is C18H21N3O4. The van der Waals surface area contributed by atoms with Crippen LogP contribution < -0.4 is 0 Å². The molecule has 0 saturated carbocycles. The van der Waals surface area contributed by atoms with E-state index in [1.807, 2.05) is 20.8 Å². The lowest BCUT2D eigenvalue weighted by Crippen LogP contribution is -2.36. The highest BCUT2D eigenvalue weighted by Gasteiger charge is 2.37. The Balaban J connectivity index is 2.00. The second kappa shape index (κ2) is 5.91. The number of carboxylic acid groups (broad SMARTS) is 1. The molecule has 0 bridgehead atoms. The molecule has 3 rings (SSSR count). The van der Waals surface area contributed by atoms with Gasteiger partial charge >= 0.3 is 12.1 Å². The van der Waals surface area contributed by atoms with Gasteiger partial charge in [-0.2, -0.15) is 0 Å². The lowest BCUT2D eigenvalue weighted by atomic mass is 10.1. The summed E-state index contributed by atoms with van der Waals surface area (Å²) < 4.78 is 5.47. The van der Waals surface area contributed by atoms with Gasteiger partial charge in [0, 0.05) is 6.54 Å². The molecule has 1 amide bonds. The Morgan fingerprint density at radius 3 is 2.76 bits per heavy atom. The molecule has 0 radical (unpaired) electrons. The number of fused-ring (bicyclic) bond motifs is 1. The van der Waals surface area contributed by atoms with Crippen molar-refractivity contribution in [1.82, 2.24) is 14.9 Å². The molecule has 2 aromatic rings. The number of hydrogen-bond acceptors (Lipinski definition) is 4. The SMILES string of the molecule is C=C1CCN(C(=O)OC(C)(C)C)[C@@H]1c1nc2c(C(=O)O)cccc2[nH]1. The van der Waals surface area contributed by atoms with Gasteiger partial charge in [0.05, 0.1) is 11.1 Å². The molecule has 1 aliphatic heterocycles. The number of ether oxygens (including phenoxy) is 1. The van der Waals surface area contributed by atoms with E-state index in [0.29, 0.717) is 29.8 Å². The maximum atomic E-state index is 12.5. The monoisotopic (exact) mass is 343 g/mol. The van der Waals surface area contributed by atoms with Crippen LogP contribution in [0.25, 0.3) is 11.0 Å². The Kier molecular flexibility index (Phi) is 4.02. The second-order valence-corrected chi connectivity index (χ2v) is 7.11. The normalized spacial score (nSPS) is 18.0. The lowest BCUT2D eigenvalue weighted by Gasteiger charge is -2.27. The van der Waals surface area contributed by atoms with E-state index in [2.05, 4.69) is 16.5 Å². The Bertz CT molecular complexity index is 863. The van der Waals surface area contributed by atoms with Crippen molar-refractivity contribution in [2.24, 2.45) is 0 Å². The highest BCUT2D eigenvalue weighted by atomic mass is 16.6. The number of aromatic nitrogens is 2. The van der Waals surface area contributed by atoms with Crippen LogP contribution in [0.15, 0.2) is 30.4 Å². The zero-order valence-corrected chi connectivity index (χ0v) is 14.5. The van der Waals surface area contributed by atoms with E-state index >= 15 is 0 Å². The first-order valence-corrected chi connectivity index (χ1v) is 8.06. The molecule has 2 N–H and O–H groups in total. The third-order valence-corrected chi connectivity index (χ3v) is 4.02. The molecule has 7 nitrogen and oxygen atoms in total. The summed E-state index contributed by atoms with van der Waals surface area (Å²) in [6.07, 6.45) is 0.210. The van der Waals surface area contributed by atoms with Gasteiger partial charge in [0.15, 0.2) is 0 Å². The number of aromatic carboxylic acids is 1. The first-order chi connectivity index (χ1) is 11.7. The van der Waals surface area contributed by atoms with E-state index in [9.17, 15) is 14.7 Å². The summed E-state index contributed by atoms with van der Waals surface area (Å²) in [4.78, 5) is 33.0. The third kappa shape index (κ3) is 3.22. The average Bonchev–Trinajstić information content (AvgIpc) is 3.07. The van der Waals surface area contributed by atoms with Gasteiger partial charge in [-0.25, -0.2) is 14.6 Å². The Hall–Kier alpha value is -2.83. The third-order valence-electron chi connectivity index (χ3n) is 4.02. The highest BCUT2D eigenvalue weighted by molar-refractivity contribution is 6.00. The summed E-state index contributed by atoms with van der Waals surface area (Å²) in [6, 6.07) is 4.46. The van der Waals surface area contributed by atoms with Crippen LogP contribution in [-0.2, 0) is 4.74 Å². The van der Waals surface area contributed by atoms with Crippen molar-refractivity contribution in [2.75, 3.05) is 6.54 Å². The van der Waals surface area contributed by atoms with Crippen LogP contribution in [-0.4, -0.2) is 44.2 Å². The molecule has 7 heteroatoms. The Morgan fingerprint density at radius 2 is 2.12 bits per heavy atom. The standard InChI is InChI=1S/C18H21N3O4/c1-10-8-9-21(17(24)25-18(2,3)4)14(10)15-19-12-7-5-6-11(16(22)23)13(12)20-15/h5-7,14H,1,8-9H2,2-4H3,(H,19,20)(H,22,23)/t14-/m0/s1. The zero-order valence-electron chi connectivity index (χ0n) is 14.5. The van der Waals surface area contributed by atoms with Gasteiger partial charge in [0.1, 0.15) is 23.0 Å².